The molecule has 0 radical (unpaired) electrons. The van der Waals surface area contributed by atoms with Crippen LogP contribution in [0.3, 0.4) is 0 Å². The summed E-state index contributed by atoms with van der Waals surface area (Å²) in [5.41, 5.74) is 2.34. The molecule has 0 aromatic carbocycles. The van der Waals surface area contributed by atoms with Crippen molar-refractivity contribution in [2.75, 3.05) is 6.61 Å². The van der Waals surface area contributed by atoms with Gasteiger partial charge >= 0.3 is 5.97 Å². The Kier molecular flexibility index (Phi) is 9.60. The lowest BCUT2D eigenvalue weighted by Crippen LogP contribution is -2.44. The Labute approximate surface area is 140 Å². The SMILES string of the molecule is CC(C)CC(C)C(=O)OCCC[Si](C(C)C)(C(C)C)C(C)C. The van der Waals surface area contributed by atoms with Gasteiger partial charge in [0.15, 0.2) is 0 Å². The van der Waals surface area contributed by atoms with E-state index in [1.165, 1.54) is 6.04 Å². The van der Waals surface area contributed by atoms with Crippen LogP contribution in [-0.2, 0) is 9.53 Å². The molecule has 0 N–H and O–H groups in total. The highest BCUT2D eigenvalue weighted by atomic mass is 28.3. The van der Waals surface area contributed by atoms with Crippen LogP contribution in [-0.4, -0.2) is 20.7 Å². The van der Waals surface area contributed by atoms with Crippen molar-refractivity contribution in [3.8, 4) is 0 Å². The molecule has 0 spiro atoms. The van der Waals surface area contributed by atoms with Crippen molar-refractivity contribution in [1.29, 1.82) is 0 Å². The molecular formula is C19H40O2Si. The maximum atomic E-state index is 12.0. The largest absolute Gasteiger partial charge is 0.465 e. The third kappa shape index (κ3) is 6.06. The molecule has 0 amide bonds. The van der Waals surface area contributed by atoms with Gasteiger partial charge in [-0.05, 0) is 18.8 Å². The average molecular weight is 329 g/mol. The van der Waals surface area contributed by atoms with Crippen LogP contribution < -0.4 is 0 Å². The first-order valence-electron chi connectivity index (χ1n) is 9.22. The predicted octanol–water partition coefficient (Wildman–Crippen LogP) is 6.28. The molecule has 3 heteroatoms. The summed E-state index contributed by atoms with van der Waals surface area (Å²) in [6, 6.07) is 1.27. The Balaban J connectivity index is 4.45. The van der Waals surface area contributed by atoms with E-state index in [2.05, 4.69) is 55.4 Å². The summed E-state index contributed by atoms with van der Waals surface area (Å²) in [4.78, 5) is 12.0. The molecule has 0 aliphatic rings. The molecule has 1 atom stereocenters. The summed E-state index contributed by atoms with van der Waals surface area (Å²) in [7, 11) is -1.34. The lowest BCUT2D eigenvalue weighted by atomic mass is 9.99. The second-order valence-electron chi connectivity index (χ2n) is 8.38. The quantitative estimate of drug-likeness (QED) is 0.268. The highest BCUT2D eigenvalue weighted by Crippen LogP contribution is 2.45. The standard InChI is InChI=1S/C19H40O2Si/c1-14(2)13-18(9)19(20)21-11-10-12-22(15(3)4,16(5)6)17(7)8/h14-18H,10-13H2,1-9H3. The summed E-state index contributed by atoms with van der Waals surface area (Å²) in [5, 5.41) is 0. The third-order valence-electron chi connectivity index (χ3n) is 5.45. The van der Waals surface area contributed by atoms with Gasteiger partial charge in [-0.15, -0.1) is 0 Å². The maximum Gasteiger partial charge on any atom is 0.308 e. The summed E-state index contributed by atoms with van der Waals surface area (Å²) in [6.07, 6.45) is 1.95. The number of carbonyl (C=O) groups is 1. The summed E-state index contributed by atoms with van der Waals surface area (Å²) < 4.78 is 5.52. The van der Waals surface area contributed by atoms with Crippen LogP contribution in [0.25, 0.3) is 0 Å². The molecule has 0 bridgehead atoms. The van der Waals surface area contributed by atoms with Gasteiger partial charge in [0.05, 0.1) is 20.6 Å². The molecule has 2 nitrogen and oxygen atoms in total. The van der Waals surface area contributed by atoms with Crippen molar-refractivity contribution in [2.24, 2.45) is 11.8 Å². The van der Waals surface area contributed by atoms with Gasteiger partial charge in [0.2, 0.25) is 0 Å². The van der Waals surface area contributed by atoms with Crippen molar-refractivity contribution < 1.29 is 9.53 Å². The van der Waals surface area contributed by atoms with Gasteiger partial charge in [0, 0.05) is 0 Å². The van der Waals surface area contributed by atoms with Gasteiger partial charge in [-0.2, -0.15) is 0 Å². The molecule has 0 aromatic rings. The molecule has 22 heavy (non-hydrogen) atoms. The van der Waals surface area contributed by atoms with Crippen LogP contribution in [0.4, 0.5) is 0 Å². The highest BCUT2D eigenvalue weighted by molar-refractivity contribution is 6.83. The van der Waals surface area contributed by atoms with E-state index in [9.17, 15) is 4.79 Å². The van der Waals surface area contributed by atoms with E-state index in [0.717, 1.165) is 29.5 Å². The lowest BCUT2D eigenvalue weighted by Gasteiger charge is -2.43. The minimum absolute atomic E-state index is 0.0143. The molecule has 1 unspecified atom stereocenters. The van der Waals surface area contributed by atoms with E-state index in [-0.39, 0.29) is 11.9 Å². The van der Waals surface area contributed by atoms with Crippen molar-refractivity contribution in [3.63, 3.8) is 0 Å². The lowest BCUT2D eigenvalue weighted by molar-refractivity contribution is -0.148. The van der Waals surface area contributed by atoms with Crippen LogP contribution in [0.5, 0.6) is 0 Å². The van der Waals surface area contributed by atoms with Gasteiger partial charge in [0.1, 0.15) is 0 Å². The van der Waals surface area contributed by atoms with Crippen molar-refractivity contribution >= 4 is 14.0 Å². The van der Waals surface area contributed by atoms with Crippen molar-refractivity contribution in [1.82, 2.24) is 0 Å². The fraction of sp³-hybridized carbons (Fsp3) is 0.947. The molecule has 0 aliphatic carbocycles. The van der Waals surface area contributed by atoms with Crippen LogP contribution in [0, 0.1) is 11.8 Å². The third-order valence-corrected chi connectivity index (χ3v) is 13.1. The number of esters is 1. The number of rotatable bonds is 10. The van der Waals surface area contributed by atoms with Gasteiger partial charge in [-0.3, -0.25) is 4.79 Å². The van der Waals surface area contributed by atoms with Crippen molar-refractivity contribution in [2.45, 2.75) is 97.8 Å². The first-order valence-corrected chi connectivity index (χ1v) is 11.7. The number of hydrogen-bond donors (Lipinski definition) is 0. The minimum atomic E-state index is -1.34. The average Bonchev–Trinajstić information content (AvgIpc) is 2.36. The van der Waals surface area contributed by atoms with E-state index in [0.29, 0.717) is 12.5 Å². The summed E-state index contributed by atoms with van der Waals surface area (Å²) in [5.74, 6) is 0.562. The Morgan fingerprint density at radius 2 is 1.32 bits per heavy atom. The predicted molar refractivity (Wildman–Crippen MR) is 100 cm³/mol. The van der Waals surface area contributed by atoms with Gasteiger partial charge in [-0.1, -0.05) is 85.0 Å². The first kappa shape index (κ1) is 21.7. The topological polar surface area (TPSA) is 26.3 Å². The molecule has 0 rings (SSSR count). The Morgan fingerprint density at radius 1 is 0.864 bits per heavy atom. The molecular weight excluding hydrogens is 288 g/mol. The summed E-state index contributed by atoms with van der Waals surface area (Å²) in [6.45, 7) is 21.2. The molecule has 0 saturated heterocycles. The first-order chi connectivity index (χ1) is 10.1. The smallest absolute Gasteiger partial charge is 0.308 e. The molecule has 0 aliphatic heterocycles. The second-order valence-corrected chi connectivity index (χ2v) is 14.6. The zero-order valence-electron chi connectivity index (χ0n) is 16.5. The molecule has 0 saturated carbocycles. The fourth-order valence-corrected chi connectivity index (χ4v) is 10.9. The van der Waals surface area contributed by atoms with Gasteiger partial charge in [0.25, 0.3) is 0 Å². The number of ether oxygens (including phenoxy) is 1. The van der Waals surface area contributed by atoms with E-state index < -0.39 is 8.07 Å². The minimum Gasteiger partial charge on any atom is -0.465 e. The monoisotopic (exact) mass is 328 g/mol. The van der Waals surface area contributed by atoms with Crippen molar-refractivity contribution in [3.05, 3.63) is 0 Å². The molecule has 0 fully saturated rings. The second kappa shape index (κ2) is 9.74. The summed E-state index contributed by atoms with van der Waals surface area (Å²) >= 11 is 0. The molecule has 0 heterocycles. The van der Waals surface area contributed by atoms with Crippen LogP contribution in [0.15, 0.2) is 0 Å². The van der Waals surface area contributed by atoms with E-state index in [4.69, 9.17) is 4.74 Å². The number of carbonyl (C=O) groups excluding carboxylic acids is 1. The van der Waals surface area contributed by atoms with Crippen LogP contribution in [0.2, 0.25) is 22.7 Å². The highest BCUT2D eigenvalue weighted by Gasteiger charge is 2.41. The van der Waals surface area contributed by atoms with Crippen LogP contribution in [0.1, 0.15) is 75.2 Å². The van der Waals surface area contributed by atoms with E-state index in [1.54, 1.807) is 0 Å². The molecule has 132 valence electrons. The zero-order valence-corrected chi connectivity index (χ0v) is 17.5. The Morgan fingerprint density at radius 3 is 1.68 bits per heavy atom. The number of hydrogen-bond acceptors (Lipinski definition) is 2. The maximum absolute atomic E-state index is 12.0. The molecule has 0 aromatic heterocycles. The van der Waals surface area contributed by atoms with Gasteiger partial charge in [-0.25, -0.2) is 0 Å². The Hall–Kier alpha value is -0.313. The van der Waals surface area contributed by atoms with E-state index >= 15 is 0 Å². The Bertz CT molecular complexity index is 300. The van der Waals surface area contributed by atoms with Crippen LogP contribution >= 0.6 is 0 Å². The zero-order chi connectivity index (χ0) is 17.5. The van der Waals surface area contributed by atoms with E-state index in [1.807, 2.05) is 6.92 Å². The fourth-order valence-electron chi connectivity index (χ4n) is 4.36. The van der Waals surface area contributed by atoms with Gasteiger partial charge < -0.3 is 4.74 Å². The normalized spacial score (nSPS) is 14.2.